The molecule has 0 aromatic carbocycles. The lowest BCUT2D eigenvalue weighted by atomic mass is 11.2. The van der Waals surface area contributed by atoms with Gasteiger partial charge >= 0.3 is 7.75 Å². The second kappa shape index (κ2) is 3.24. The van der Waals surface area contributed by atoms with E-state index >= 15 is 0 Å². The summed E-state index contributed by atoms with van der Waals surface area (Å²) < 4.78 is 10.5. The molecule has 0 unspecified atom stereocenters. The minimum atomic E-state index is -4.50. The van der Waals surface area contributed by atoms with E-state index in [2.05, 4.69) is 18.1 Å². The molecule has 0 spiro atoms. The number of hydrogen-bond acceptors (Lipinski definition) is 4. The van der Waals surface area contributed by atoms with Crippen LogP contribution in [0, 0.1) is 0 Å². The van der Waals surface area contributed by atoms with Crippen LogP contribution in [0.25, 0.3) is 0 Å². The summed E-state index contributed by atoms with van der Waals surface area (Å²) in [5.74, 6) is 4.68. The van der Waals surface area contributed by atoms with Crippen LogP contribution < -0.4 is 17.1 Å². The number of rotatable bonds is 2. The standard InChI is InChI=1S/CH7N4O3PS/c2-1(10)5(4-3)9(6,7)8/h4H,3H2,(H2,2,10)(H2,6,7,8). The highest BCUT2D eigenvalue weighted by Gasteiger charge is 2.25. The fourth-order valence-electron chi connectivity index (χ4n) is 0.267. The predicted molar refractivity (Wildman–Crippen MR) is 38.0 cm³/mol. The molecule has 0 saturated carbocycles. The average molecular weight is 186 g/mol. The van der Waals surface area contributed by atoms with Crippen LogP contribution in [0.3, 0.4) is 0 Å². The summed E-state index contributed by atoms with van der Waals surface area (Å²) in [6.07, 6.45) is 0. The highest BCUT2D eigenvalue weighted by molar-refractivity contribution is 7.80. The average Bonchev–Trinajstić information content (AvgIpc) is 1.60. The van der Waals surface area contributed by atoms with Crippen LogP contribution in [-0.2, 0) is 4.57 Å². The summed E-state index contributed by atoms with van der Waals surface area (Å²) >= 11 is 4.23. The molecule has 0 atom stereocenters. The van der Waals surface area contributed by atoms with Gasteiger partial charge in [-0.1, -0.05) is 0 Å². The van der Waals surface area contributed by atoms with Crippen LogP contribution in [0.5, 0.6) is 0 Å². The minimum Gasteiger partial charge on any atom is -0.375 e. The van der Waals surface area contributed by atoms with Crippen molar-refractivity contribution in [2.75, 3.05) is 0 Å². The number of thiocarbonyl (C=S) groups is 1. The smallest absolute Gasteiger partial charge is 0.375 e. The molecule has 7 nitrogen and oxygen atoms in total. The molecule has 0 aliphatic heterocycles. The molecule has 0 fully saturated rings. The van der Waals surface area contributed by atoms with Gasteiger partial charge in [-0.25, -0.2) is 4.57 Å². The molecule has 10 heavy (non-hydrogen) atoms. The Bertz CT molecular complexity index is 177. The molecular weight excluding hydrogens is 179 g/mol. The molecule has 0 saturated heterocycles. The van der Waals surface area contributed by atoms with Gasteiger partial charge in [0.2, 0.25) is 0 Å². The molecule has 7 N–H and O–H groups in total. The van der Waals surface area contributed by atoms with E-state index in [9.17, 15) is 4.57 Å². The first-order valence-electron chi connectivity index (χ1n) is 2.01. The van der Waals surface area contributed by atoms with Crippen LogP contribution in [0.2, 0.25) is 0 Å². The summed E-state index contributed by atoms with van der Waals surface area (Å²) in [6.45, 7) is 0. The first-order valence-corrected chi connectivity index (χ1v) is 3.98. The molecule has 0 rings (SSSR count). The fourth-order valence-corrected chi connectivity index (χ4v) is 1.05. The fraction of sp³-hybridized carbons (Fsp3) is 0. The molecular formula is CH7N4O3PS. The summed E-state index contributed by atoms with van der Waals surface area (Å²) in [5.41, 5.74) is 6.50. The third-order valence-electron chi connectivity index (χ3n) is 0.592. The maximum absolute atomic E-state index is 10.3. The second-order valence-corrected chi connectivity index (χ2v) is 3.14. The Hall–Kier alpha value is -0.240. The van der Waals surface area contributed by atoms with Crippen molar-refractivity contribution in [3.05, 3.63) is 0 Å². The van der Waals surface area contributed by atoms with Gasteiger partial charge in [-0.05, 0) is 12.2 Å². The lowest BCUT2D eigenvalue weighted by Gasteiger charge is -2.20. The number of hydrogen-bond donors (Lipinski definition) is 5. The van der Waals surface area contributed by atoms with Gasteiger partial charge in [0.25, 0.3) is 0 Å². The lowest BCUT2D eigenvalue weighted by Crippen LogP contribution is -2.46. The van der Waals surface area contributed by atoms with E-state index in [1.54, 1.807) is 5.53 Å². The van der Waals surface area contributed by atoms with Crippen molar-refractivity contribution in [1.82, 2.24) is 10.3 Å². The molecule has 0 heterocycles. The quantitative estimate of drug-likeness (QED) is 0.145. The maximum Gasteiger partial charge on any atom is 0.447 e. The van der Waals surface area contributed by atoms with E-state index in [0.717, 1.165) is 0 Å². The van der Waals surface area contributed by atoms with Crippen molar-refractivity contribution in [3.8, 4) is 0 Å². The van der Waals surface area contributed by atoms with Crippen molar-refractivity contribution >= 4 is 25.1 Å². The Labute approximate surface area is 62.1 Å². The molecule has 9 heteroatoms. The van der Waals surface area contributed by atoms with E-state index in [4.69, 9.17) is 15.5 Å². The van der Waals surface area contributed by atoms with Gasteiger partial charge in [0.1, 0.15) is 0 Å². The molecule has 0 bridgehead atoms. The topological polar surface area (TPSA) is 125 Å². The van der Waals surface area contributed by atoms with Gasteiger partial charge in [-0.2, -0.15) is 10.3 Å². The Morgan fingerprint density at radius 1 is 1.70 bits per heavy atom. The van der Waals surface area contributed by atoms with Gasteiger partial charge in [0.15, 0.2) is 5.11 Å². The van der Waals surface area contributed by atoms with E-state index < -0.39 is 12.9 Å². The zero-order valence-electron chi connectivity index (χ0n) is 4.76. The third-order valence-corrected chi connectivity index (χ3v) is 1.76. The largest absolute Gasteiger partial charge is 0.447 e. The van der Waals surface area contributed by atoms with Gasteiger partial charge < -0.3 is 15.5 Å². The SMILES string of the molecule is NNN(C(N)=S)P(=O)(O)O. The van der Waals surface area contributed by atoms with Crippen LogP contribution in [-0.4, -0.2) is 19.7 Å². The van der Waals surface area contributed by atoms with Crippen LogP contribution in [0.15, 0.2) is 0 Å². The van der Waals surface area contributed by atoms with Crippen LogP contribution >= 0.6 is 20.0 Å². The Balaban J connectivity index is 4.38. The van der Waals surface area contributed by atoms with Crippen molar-refractivity contribution in [1.29, 1.82) is 0 Å². The maximum atomic E-state index is 10.3. The molecule has 0 aliphatic rings. The predicted octanol–water partition coefficient (Wildman–Crippen LogP) is -2.00. The van der Waals surface area contributed by atoms with Gasteiger partial charge in [-0.3, -0.25) is 5.84 Å². The van der Waals surface area contributed by atoms with Crippen molar-refractivity contribution in [2.24, 2.45) is 11.6 Å². The van der Waals surface area contributed by atoms with Crippen molar-refractivity contribution in [3.63, 3.8) is 0 Å². The van der Waals surface area contributed by atoms with Gasteiger partial charge in [0.05, 0.1) is 0 Å². The van der Waals surface area contributed by atoms with E-state index in [1.165, 1.54) is 0 Å². The summed E-state index contributed by atoms with van der Waals surface area (Å²) in [4.78, 5) is 16.7. The van der Waals surface area contributed by atoms with E-state index in [1.807, 2.05) is 0 Å². The molecule has 0 aromatic rings. The first kappa shape index (κ1) is 9.76. The van der Waals surface area contributed by atoms with Gasteiger partial charge in [-0.15, -0.1) is 0 Å². The zero-order valence-corrected chi connectivity index (χ0v) is 6.47. The summed E-state index contributed by atoms with van der Waals surface area (Å²) in [6, 6.07) is 0. The molecule has 0 radical (unpaired) electrons. The lowest BCUT2D eigenvalue weighted by molar-refractivity contribution is 0.286. The minimum absolute atomic E-state index is 0.183. The number of nitrogens with zero attached hydrogens (tertiary/aromatic N) is 1. The molecule has 0 amide bonds. The summed E-state index contributed by atoms with van der Waals surface area (Å²) in [5, 5.41) is -0.518. The van der Waals surface area contributed by atoms with E-state index in [-0.39, 0.29) is 4.78 Å². The first-order chi connectivity index (χ1) is 4.39. The highest BCUT2D eigenvalue weighted by atomic mass is 32.1. The normalized spacial score (nSPS) is 11.1. The third kappa shape index (κ3) is 2.56. The number of nitrogens with two attached hydrogens (primary N) is 2. The van der Waals surface area contributed by atoms with Crippen LogP contribution in [0.1, 0.15) is 0 Å². The Kier molecular flexibility index (Phi) is 3.16. The Morgan fingerprint density at radius 2 is 2.10 bits per heavy atom. The Morgan fingerprint density at radius 3 is 2.10 bits per heavy atom. The number of hydrazine groups is 2. The molecule has 0 aliphatic carbocycles. The second-order valence-electron chi connectivity index (χ2n) is 1.29. The zero-order chi connectivity index (χ0) is 8.36. The van der Waals surface area contributed by atoms with Crippen LogP contribution in [0.4, 0.5) is 0 Å². The molecule has 60 valence electrons. The monoisotopic (exact) mass is 186 g/mol. The number of nitrogens with one attached hydrogen (secondary N) is 1. The van der Waals surface area contributed by atoms with Gasteiger partial charge in [0, 0.05) is 0 Å². The highest BCUT2D eigenvalue weighted by Crippen LogP contribution is 2.37. The summed E-state index contributed by atoms with van der Waals surface area (Å²) in [7, 11) is -4.50. The molecule has 0 aromatic heterocycles. The van der Waals surface area contributed by atoms with E-state index in [0.29, 0.717) is 0 Å². The van der Waals surface area contributed by atoms with Crippen molar-refractivity contribution in [2.45, 2.75) is 0 Å². The van der Waals surface area contributed by atoms with Crippen molar-refractivity contribution < 1.29 is 14.4 Å².